The molecule has 2 heterocycles. The van der Waals surface area contributed by atoms with Gasteiger partial charge in [-0.1, -0.05) is 36.4 Å². The average Bonchev–Trinajstić information content (AvgIpc) is 3.12. The molecule has 1 aliphatic heterocycles. The summed E-state index contributed by atoms with van der Waals surface area (Å²) in [4.78, 5) is 1.33. The van der Waals surface area contributed by atoms with Crippen molar-refractivity contribution in [1.29, 1.82) is 0 Å². The number of thioether (sulfide) groups is 1. The van der Waals surface area contributed by atoms with Crippen LogP contribution in [0.5, 0.6) is 0 Å². The highest BCUT2D eigenvalue weighted by Gasteiger charge is 2.29. The molecule has 21 heavy (non-hydrogen) atoms. The van der Waals surface area contributed by atoms with Crippen LogP contribution in [-0.2, 0) is 6.42 Å². The van der Waals surface area contributed by atoms with Gasteiger partial charge in [-0.25, -0.2) is 0 Å². The van der Waals surface area contributed by atoms with Crippen molar-refractivity contribution in [3.05, 3.63) is 65.0 Å². The molecule has 1 nitrogen and oxygen atoms in total. The van der Waals surface area contributed by atoms with Gasteiger partial charge in [0.25, 0.3) is 0 Å². The van der Waals surface area contributed by atoms with E-state index in [-0.39, 0.29) is 12.0 Å². The van der Waals surface area contributed by atoms with Crippen LogP contribution in [0, 0.1) is 0 Å². The maximum atomic E-state index is 10.7. The molecule has 2 aromatic carbocycles. The first-order chi connectivity index (χ1) is 10.3. The number of benzene rings is 2. The van der Waals surface area contributed by atoms with E-state index in [1.807, 2.05) is 11.8 Å². The Kier molecular flexibility index (Phi) is 3.49. The van der Waals surface area contributed by atoms with Gasteiger partial charge in [0.1, 0.15) is 0 Å². The minimum Gasteiger partial charge on any atom is -0.392 e. The quantitative estimate of drug-likeness (QED) is 0.757. The predicted molar refractivity (Wildman–Crippen MR) is 91.4 cm³/mol. The molecule has 0 saturated heterocycles. The highest BCUT2D eigenvalue weighted by atomic mass is 32.2. The molecule has 2 unspecified atom stereocenters. The van der Waals surface area contributed by atoms with E-state index in [1.165, 1.54) is 26.1 Å². The van der Waals surface area contributed by atoms with Crippen molar-refractivity contribution >= 4 is 33.2 Å². The van der Waals surface area contributed by atoms with E-state index in [0.29, 0.717) is 0 Å². The summed E-state index contributed by atoms with van der Waals surface area (Å²) in [7, 11) is 0. The van der Waals surface area contributed by atoms with Crippen molar-refractivity contribution in [2.24, 2.45) is 0 Å². The SMILES string of the molecule is OC(Cc1csc2ccccc12)C1CSc2ccccc21. The molecule has 0 saturated carbocycles. The summed E-state index contributed by atoms with van der Waals surface area (Å²) in [6.45, 7) is 0. The van der Waals surface area contributed by atoms with Crippen molar-refractivity contribution in [2.45, 2.75) is 23.3 Å². The van der Waals surface area contributed by atoms with Crippen molar-refractivity contribution in [2.75, 3.05) is 5.75 Å². The summed E-state index contributed by atoms with van der Waals surface area (Å²) >= 11 is 3.63. The Balaban J connectivity index is 1.61. The van der Waals surface area contributed by atoms with Crippen molar-refractivity contribution in [3.63, 3.8) is 0 Å². The van der Waals surface area contributed by atoms with Crippen LogP contribution in [-0.4, -0.2) is 17.0 Å². The molecule has 0 fully saturated rings. The summed E-state index contributed by atoms with van der Waals surface area (Å²) in [5.41, 5.74) is 2.59. The predicted octanol–water partition coefficient (Wildman–Crippen LogP) is 4.69. The lowest BCUT2D eigenvalue weighted by Gasteiger charge is -2.18. The van der Waals surface area contributed by atoms with Crippen molar-refractivity contribution in [3.8, 4) is 0 Å². The number of aliphatic hydroxyl groups excluding tert-OH is 1. The summed E-state index contributed by atoms with van der Waals surface area (Å²) in [6.07, 6.45) is 0.433. The lowest BCUT2D eigenvalue weighted by Crippen LogP contribution is -2.20. The molecule has 1 N–H and O–H groups in total. The molecule has 1 aliphatic rings. The first-order valence-corrected chi connectivity index (χ1v) is 9.04. The number of thiophene rings is 1. The number of fused-ring (bicyclic) bond motifs is 2. The van der Waals surface area contributed by atoms with Gasteiger partial charge >= 0.3 is 0 Å². The van der Waals surface area contributed by atoms with E-state index < -0.39 is 0 Å². The van der Waals surface area contributed by atoms with Crippen LogP contribution in [0.25, 0.3) is 10.1 Å². The van der Waals surface area contributed by atoms with Gasteiger partial charge in [0.15, 0.2) is 0 Å². The molecule has 106 valence electrons. The first kappa shape index (κ1) is 13.4. The summed E-state index contributed by atoms with van der Waals surface area (Å²) in [6, 6.07) is 16.9. The first-order valence-electron chi connectivity index (χ1n) is 7.18. The zero-order valence-corrected chi connectivity index (χ0v) is 13.2. The smallest absolute Gasteiger partial charge is 0.0658 e. The van der Waals surface area contributed by atoms with Crippen LogP contribution in [0.4, 0.5) is 0 Å². The van der Waals surface area contributed by atoms with Gasteiger partial charge in [-0.2, -0.15) is 0 Å². The second-order valence-corrected chi connectivity index (χ2v) is 7.46. The molecular formula is C18H16OS2. The molecule has 4 rings (SSSR count). The molecule has 2 atom stereocenters. The fraction of sp³-hybridized carbons (Fsp3) is 0.222. The summed E-state index contributed by atoms with van der Waals surface area (Å²) < 4.78 is 1.31. The van der Waals surface area contributed by atoms with Crippen molar-refractivity contribution < 1.29 is 5.11 Å². The summed E-state index contributed by atoms with van der Waals surface area (Å²) in [5.74, 6) is 1.24. The van der Waals surface area contributed by atoms with Gasteiger partial charge in [-0.05, 0) is 34.0 Å². The molecule has 1 aromatic heterocycles. The monoisotopic (exact) mass is 312 g/mol. The molecule has 0 bridgehead atoms. The molecule has 0 aliphatic carbocycles. The number of rotatable bonds is 3. The Hall–Kier alpha value is -1.29. The molecule has 0 spiro atoms. The highest BCUT2D eigenvalue weighted by Crippen LogP contribution is 2.42. The van der Waals surface area contributed by atoms with Crippen LogP contribution in [0.2, 0.25) is 0 Å². The third-order valence-electron chi connectivity index (χ3n) is 4.19. The van der Waals surface area contributed by atoms with Crippen LogP contribution in [0.1, 0.15) is 17.0 Å². The van der Waals surface area contributed by atoms with Gasteiger partial charge in [-0.3, -0.25) is 0 Å². The Morgan fingerprint density at radius 3 is 2.86 bits per heavy atom. The second-order valence-electron chi connectivity index (χ2n) is 5.48. The van der Waals surface area contributed by atoms with E-state index >= 15 is 0 Å². The lowest BCUT2D eigenvalue weighted by atomic mass is 9.91. The van der Waals surface area contributed by atoms with E-state index in [0.717, 1.165) is 12.2 Å². The third-order valence-corrected chi connectivity index (χ3v) is 6.41. The molecule has 0 radical (unpaired) electrons. The van der Waals surface area contributed by atoms with Crippen molar-refractivity contribution in [1.82, 2.24) is 0 Å². The van der Waals surface area contributed by atoms with Gasteiger partial charge < -0.3 is 5.11 Å². The fourth-order valence-electron chi connectivity index (χ4n) is 3.06. The Bertz CT molecular complexity index is 777. The molecule has 3 heteroatoms. The Labute approximate surface area is 132 Å². The minimum absolute atomic E-state index is 0.255. The number of hydrogen-bond acceptors (Lipinski definition) is 3. The van der Waals surface area contributed by atoms with Gasteiger partial charge in [0.2, 0.25) is 0 Å². The molecular weight excluding hydrogens is 296 g/mol. The fourth-order valence-corrected chi connectivity index (χ4v) is 5.36. The van der Waals surface area contributed by atoms with E-state index in [2.05, 4.69) is 53.9 Å². The average molecular weight is 312 g/mol. The zero-order chi connectivity index (χ0) is 14.2. The maximum absolute atomic E-state index is 10.7. The van der Waals surface area contributed by atoms with Gasteiger partial charge in [0.05, 0.1) is 6.10 Å². The summed E-state index contributed by atoms with van der Waals surface area (Å²) in [5, 5.41) is 14.2. The maximum Gasteiger partial charge on any atom is 0.0658 e. The number of hydrogen-bond donors (Lipinski definition) is 1. The standard InChI is InChI=1S/C18H16OS2/c19-16(15-11-21-18-8-4-2-6-14(15)18)9-12-10-20-17-7-3-1-5-13(12)17/h1-8,10,15-16,19H,9,11H2. The third kappa shape index (κ3) is 2.39. The Morgan fingerprint density at radius 1 is 1.10 bits per heavy atom. The molecule has 3 aromatic rings. The largest absolute Gasteiger partial charge is 0.392 e. The minimum atomic E-state index is -0.306. The number of aliphatic hydroxyl groups is 1. The zero-order valence-electron chi connectivity index (χ0n) is 11.5. The van der Waals surface area contributed by atoms with Crippen LogP contribution in [0.15, 0.2) is 58.8 Å². The van der Waals surface area contributed by atoms with Crippen LogP contribution in [0.3, 0.4) is 0 Å². The van der Waals surface area contributed by atoms with Gasteiger partial charge in [0, 0.05) is 27.7 Å². The highest BCUT2D eigenvalue weighted by molar-refractivity contribution is 7.99. The topological polar surface area (TPSA) is 20.2 Å². The van der Waals surface area contributed by atoms with Crippen LogP contribution >= 0.6 is 23.1 Å². The molecule has 0 amide bonds. The van der Waals surface area contributed by atoms with E-state index in [9.17, 15) is 5.11 Å². The Morgan fingerprint density at radius 2 is 1.90 bits per heavy atom. The normalized spacial score (nSPS) is 18.8. The van der Waals surface area contributed by atoms with E-state index in [4.69, 9.17) is 0 Å². The van der Waals surface area contributed by atoms with Gasteiger partial charge in [-0.15, -0.1) is 23.1 Å². The van der Waals surface area contributed by atoms with Crippen LogP contribution < -0.4 is 0 Å². The van der Waals surface area contributed by atoms with E-state index in [1.54, 1.807) is 11.3 Å². The second kappa shape index (κ2) is 5.48. The lowest BCUT2D eigenvalue weighted by molar-refractivity contribution is 0.152.